The standard InChI is InChI=1S/C23H28N4O3S/c1-16-4-7-19-21(14-16)31-23(25-19)27-12-10-26(11-13-27)9-8-24-22(28)18-6-5-17(29-2)15-20(18)30-3/h4-7,14-15H,8-13H2,1-3H3,(H,24,28). The van der Waals surface area contributed by atoms with Crippen LogP contribution in [0.3, 0.4) is 0 Å². The first-order chi connectivity index (χ1) is 15.1. The second-order valence-electron chi connectivity index (χ2n) is 7.62. The number of amides is 1. The van der Waals surface area contributed by atoms with Gasteiger partial charge in [-0.25, -0.2) is 4.98 Å². The van der Waals surface area contributed by atoms with E-state index in [1.54, 1.807) is 43.8 Å². The van der Waals surface area contributed by atoms with E-state index >= 15 is 0 Å². The highest BCUT2D eigenvalue weighted by Gasteiger charge is 2.20. The molecule has 8 heteroatoms. The van der Waals surface area contributed by atoms with Crippen LogP contribution in [0.25, 0.3) is 10.2 Å². The number of anilines is 1. The normalized spacial score (nSPS) is 14.6. The van der Waals surface area contributed by atoms with Gasteiger partial charge in [0.2, 0.25) is 0 Å². The Hall–Kier alpha value is -2.84. The largest absolute Gasteiger partial charge is 0.497 e. The number of aromatic nitrogens is 1. The number of piperazine rings is 1. The van der Waals surface area contributed by atoms with Gasteiger partial charge in [-0.2, -0.15) is 0 Å². The number of carbonyl (C=O) groups excluding carboxylic acids is 1. The van der Waals surface area contributed by atoms with Gasteiger partial charge in [0.1, 0.15) is 11.5 Å². The number of hydrogen-bond donors (Lipinski definition) is 1. The summed E-state index contributed by atoms with van der Waals surface area (Å²) in [4.78, 5) is 22.1. The lowest BCUT2D eigenvalue weighted by Crippen LogP contribution is -2.48. The highest BCUT2D eigenvalue weighted by molar-refractivity contribution is 7.22. The predicted molar refractivity (Wildman–Crippen MR) is 125 cm³/mol. The molecule has 31 heavy (non-hydrogen) atoms. The Morgan fingerprint density at radius 1 is 1.10 bits per heavy atom. The van der Waals surface area contributed by atoms with Crippen LogP contribution in [0.5, 0.6) is 11.5 Å². The first kappa shape index (κ1) is 21.4. The number of rotatable bonds is 7. The lowest BCUT2D eigenvalue weighted by Gasteiger charge is -2.34. The fourth-order valence-electron chi connectivity index (χ4n) is 3.73. The summed E-state index contributed by atoms with van der Waals surface area (Å²) in [6.45, 7) is 7.32. The van der Waals surface area contributed by atoms with E-state index in [2.05, 4.69) is 40.2 Å². The van der Waals surface area contributed by atoms with Crippen LogP contribution in [-0.4, -0.2) is 69.3 Å². The Morgan fingerprint density at radius 2 is 1.90 bits per heavy atom. The summed E-state index contributed by atoms with van der Waals surface area (Å²) < 4.78 is 11.8. The second kappa shape index (κ2) is 9.53. The van der Waals surface area contributed by atoms with Crippen molar-refractivity contribution in [3.05, 3.63) is 47.5 Å². The van der Waals surface area contributed by atoms with Crippen molar-refractivity contribution in [1.82, 2.24) is 15.2 Å². The third-order valence-electron chi connectivity index (χ3n) is 5.54. The first-order valence-corrected chi connectivity index (χ1v) is 11.2. The Bertz CT molecular complexity index is 1060. The van der Waals surface area contributed by atoms with Gasteiger partial charge < -0.3 is 19.7 Å². The van der Waals surface area contributed by atoms with Crippen molar-refractivity contribution in [1.29, 1.82) is 0 Å². The second-order valence-corrected chi connectivity index (χ2v) is 8.63. The molecule has 1 aliphatic heterocycles. The highest BCUT2D eigenvalue weighted by atomic mass is 32.1. The molecule has 1 amide bonds. The molecule has 1 fully saturated rings. The number of benzene rings is 2. The molecule has 0 atom stereocenters. The van der Waals surface area contributed by atoms with E-state index < -0.39 is 0 Å². The molecular weight excluding hydrogens is 412 g/mol. The minimum absolute atomic E-state index is 0.136. The third-order valence-corrected chi connectivity index (χ3v) is 6.62. The van der Waals surface area contributed by atoms with Crippen LogP contribution in [0.2, 0.25) is 0 Å². The van der Waals surface area contributed by atoms with Crippen molar-refractivity contribution >= 4 is 32.6 Å². The molecule has 0 radical (unpaired) electrons. The minimum atomic E-state index is -0.136. The number of ether oxygens (including phenoxy) is 2. The fourth-order valence-corrected chi connectivity index (χ4v) is 4.84. The molecule has 3 aromatic rings. The van der Waals surface area contributed by atoms with E-state index in [4.69, 9.17) is 14.5 Å². The highest BCUT2D eigenvalue weighted by Crippen LogP contribution is 2.30. The van der Waals surface area contributed by atoms with E-state index in [0.29, 0.717) is 23.6 Å². The number of carbonyl (C=O) groups is 1. The number of nitrogens with zero attached hydrogens (tertiary/aromatic N) is 3. The average Bonchev–Trinajstić information content (AvgIpc) is 3.22. The molecule has 4 rings (SSSR count). The van der Waals surface area contributed by atoms with Crippen LogP contribution in [0, 0.1) is 6.92 Å². The lowest BCUT2D eigenvalue weighted by atomic mass is 10.1. The lowest BCUT2D eigenvalue weighted by molar-refractivity contribution is 0.0944. The van der Waals surface area contributed by atoms with E-state index in [1.807, 2.05) is 0 Å². The van der Waals surface area contributed by atoms with E-state index in [0.717, 1.165) is 43.4 Å². The molecule has 164 valence electrons. The maximum absolute atomic E-state index is 12.5. The molecule has 0 saturated carbocycles. The van der Waals surface area contributed by atoms with Crippen molar-refractivity contribution in [2.45, 2.75) is 6.92 Å². The molecule has 1 aromatic heterocycles. The van der Waals surface area contributed by atoms with E-state index in [-0.39, 0.29) is 5.91 Å². The molecule has 2 aromatic carbocycles. The van der Waals surface area contributed by atoms with E-state index in [9.17, 15) is 4.79 Å². The third kappa shape index (κ3) is 4.91. The van der Waals surface area contributed by atoms with Crippen molar-refractivity contribution < 1.29 is 14.3 Å². The van der Waals surface area contributed by atoms with Crippen LogP contribution in [-0.2, 0) is 0 Å². The molecule has 1 saturated heterocycles. The molecule has 1 aliphatic rings. The minimum Gasteiger partial charge on any atom is -0.497 e. The van der Waals surface area contributed by atoms with Crippen LogP contribution in [0.15, 0.2) is 36.4 Å². The van der Waals surface area contributed by atoms with Crippen molar-refractivity contribution in [3.8, 4) is 11.5 Å². The number of aryl methyl sites for hydroxylation is 1. The summed E-state index contributed by atoms with van der Waals surface area (Å²) >= 11 is 1.76. The SMILES string of the molecule is COc1ccc(C(=O)NCCN2CCN(c3nc4ccc(C)cc4s3)CC2)c(OC)c1. The zero-order valence-electron chi connectivity index (χ0n) is 18.2. The summed E-state index contributed by atoms with van der Waals surface area (Å²) in [5, 5.41) is 4.10. The number of thiazole rings is 1. The molecular formula is C23H28N4O3S. The molecule has 0 bridgehead atoms. The average molecular weight is 441 g/mol. The van der Waals surface area contributed by atoms with Gasteiger partial charge in [-0.05, 0) is 36.8 Å². The zero-order valence-corrected chi connectivity index (χ0v) is 19.0. The Kier molecular flexibility index (Phi) is 6.58. The smallest absolute Gasteiger partial charge is 0.255 e. The Balaban J connectivity index is 1.26. The van der Waals surface area contributed by atoms with Crippen LogP contribution < -0.4 is 19.7 Å². The summed E-state index contributed by atoms with van der Waals surface area (Å²) in [7, 11) is 3.14. The van der Waals surface area contributed by atoms with Gasteiger partial charge in [-0.1, -0.05) is 17.4 Å². The van der Waals surface area contributed by atoms with Gasteiger partial charge in [-0.15, -0.1) is 0 Å². The zero-order chi connectivity index (χ0) is 21.8. The summed E-state index contributed by atoms with van der Waals surface area (Å²) in [6.07, 6.45) is 0. The number of methoxy groups -OCH3 is 2. The monoisotopic (exact) mass is 440 g/mol. The maximum atomic E-state index is 12.5. The predicted octanol–water partition coefficient (Wildman–Crippen LogP) is 3.17. The van der Waals surface area contributed by atoms with Crippen LogP contribution >= 0.6 is 11.3 Å². The van der Waals surface area contributed by atoms with Crippen molar-refractivity contribution in [3.63, 3.8) is 0 Å². The first-order valence-electron chi connectivity index (χ1n) is 10.4. The summed E-state index contributed by atoms with van der Waals surface area (Å²) in [5.74, 6) is 1.04. The van der Waals surface area contributed by atoms with Gasteiger partial charge in [0.25, 0.3) is 5.91 Å². The van der Waals surface area contributed by atoms with Crippen LogP contribution in [0.1, 0.15) is 15.9 Å². The molecule has 0 spiro atoms. The molecule has 1 N–H and O–H groups in total. The van der Waals surface area contributed by atoms with Gasteiger partial charge in [0, 0.05) is 45.3 Å². The Morgan fingerprint density at radius 3 is 2.65 bits per heavy atom. The van der Waals surface area contributed by atoms with Gasteiger partial charge in [-0.3, -0.25) is 9.69 Å². The topological polar surface area (TPSA) is 66.9 Å². The van der Waals surface area contributed by atoms with E-state index in [1.165, 1.54) is 10.3 Å². The number of nitrogens with one attached hydrogen (secondary N) is 1. The van der Waals surface area contributed by atoms with Gasteiger partial charge in [0.05, 0.1) is 30.0 Å². The molecule has 2 heterocycles. The number of fused-ring (bicyclic) bond motifs is 1. The van der Waals surface area contributed by atoms with Gasteiger partial charge >= 0.3 is 0 Å². The fraction of sp³-hybridized carbons (Fsp3) is 0.391. The molecule has 7 nitrogen and oxygen atoms in total. The maximum Gasteiger partial charge on any atom is 0.255 e. The quantitative estimate of drug-likeness (QED) is 0.609. The van der Waals surface area contributed by atoms with Crippen molar-refractivity contribution in [2.75, 3.05) is 58.4 Å². The van der Waals surface area contributed by atoms with Gasteiger partial charge in [0.15, 0.2) is 5.13 Å². The molecule has 0 aliphatic carbocycles. The van der Waals surface area contributed by atoms with Crippen molar-refractivity contribution in [2.24, 2.45) is 0 Å². The number of hydrogen-bond acceptors (Lipinski definition) is 7. The van der Waals surface area contributed by atoms with Crippen LogP contribution in [0.4, 0.5) is 5.13 Å². The summed E-state index contributed by atoms with van der Waals surface area (Å²) in [5.41, 5.74) is 2.85. The Labute approximate surface area is 186 Å². The molecule has 0 unspecified atom stereocenters. The summed E-state index contributed by atoms with van der Waals surface area (Å²) in [6, 6.07) is 11.6.